The van der Waals surface area contributed by atoms with Gasteiger partial charge in [-0.15, -0.1) is 0 Å². The van der Waals surface area contributed by atoms with Crippen LogP contribution in [0.25, 0.3) is 0 Å². The van der Waals surface area contributed by atoms with E-state index in [0.29, 0.717) is 11.5 Å². The third-order valence-electron chi connectivity index (χ3n) is 3.22. The highest BCUT2D eigenvalue weighted by Crippen LogP contribution is 2.44. The van der Waals surface area contributed by atoms with Crippen LogP contribution in [0.1, 0.15) is 18.4 Å². The quantitative estimate of drug-likeness (QED) is 0.847. The minimum absolute atomic E-state index is 0.0487. The van der Waals surface area contributed by atoms with Crippen LogP contribution in [0.5, 0.6) is 17.2 Å². The summed E-state index contributed by atoms with van der Waals surface area (Å²) in [4.78, 5) is 0. The zero-order valence-electron chi connectivity index (χ0n) is 10.6. The zero-order valence-corrected chi connectivity index (χ0v) is 10.6. The van der Waals surface area contributed by atoms with Crippen molar-refractivity contribution in [3.05, 3.63) is 17.7 Å². The fourth-order valence-corrected chi connectivity index (χ4v) is 2.02. The summed E-state index contributed by atoms with van der Waals surface area (Å²) < 4.78 is 16.0. The van der Waals surface area contributed by atoms with Crippen LogP contribution in [0.3, 0.4) is 0 Å². The molecule has 0 aromatic heterocycles. The fraction of sp³-hybridized carbons (Fsp3) is 0.538. The highest BCUT2D eigenvalue weighted by Gasteiger charge is 2.39. The molecular weight excluding hydrogens is 218 g/mol. The first-order valence-electron chi connectivity index (χ1n) is 5.70. The predicted molar refractivity (Wildman–Crippen MR) is 66.0 cm³/mol. The second-order valence-corrected chi connectivity index (χ2v) is 4.53. The summed E-state index contributed by atoms with van der Waals surface area (Å²) in [7, 11) is 4.86. The zero-order chi connectivity index (χ0) is 12.5. The van der Waals surface area contributed by atoms with Gasteiger partial charge in [-0.05, 0) is 25.3 Å². The Bertz CT molecular complexity index is 413. The van der Waals surface area contributed by atoms with Crippen molar-refractivity contribution in [1.82, 2.24) is 0 Å². The molecule has 4 nitrogen and oxygen atoms in total. The van der Waals surface area contributed by atoms with Gasteiger partial charge in [0.05, 0.1) is 21.3 Å². The van der Waals surface area contributed by atoms with E-state index < -0.39 is 0 Å². The van der Waals surface area contributed by atoms with Crippen molar-refractivity contribution in [2.45, 2.75) is 24.8 Å². The molecule has 2 N–H and O–H groups in total. The highest BCUT2D eigenvalue weighted by molar-refractivity contribution is 5.56. The van der Waals surface area contributed by atoms with Crippen molar-refractivity contribution in [3.8, 4) is 17.2 Å². The fourth-order valence-electron chi connectivity index (χ4n) is 2.02. The molecule has 0 spiro atoms. The van der Waals surface area contributed by atoms with E-state index in [4.69, 9.17) is 19.9 Å². The third kappa shape index (κ3) is 2.31. The molecule has 1 fully saturated rings. The maximum absolute atomic E-state index is 6.14. The van der Waals surface area contributed by atoms with E-state index in [2.05, 4.69) is 0 Å². The molecule has 1 aromatic carbocycles. The lowest BCUT2D eigenvalue weighted by Crippen LogP contribution is -2.24. The summed E-state index contributed by atoms with van der Waals surface area (Å²) in [6.45, 7) is 0. The lowest BCUT2D eigenvalue weighted by molar-refractivity contribution is 0.321. The molecule has 0 atom stereocenters. The van der Waals surface area contributed by atoms with Crippen molar-refractivity contribution in [2.24, 2.45) is 5.73 Å². The van der Waals surface area contributed by atoms with Gasteiger partial charge in [0.2, 0.25) is 5.75 Å². The van der Waals surface area contributed by atoms with Crippen LogP contribution in [0.4, 0.5) is 0 Å². The molecule has 17 heavy (non-hydrogen) atoms. The van der Waals surface area contributed by atoms with E-state index >= 15 is 0 Å². The number of hydrogen-bond donors (Lipinski definition) is 1. The van der Waals surface area contributed by atoms with E-state index in [1.165, 1.54) is 0 Å². The van der Waals surface area contributed by atoms with Crippen LogP contribution in [-0.4, -0.2) is 26.9 Å². The molecule has 0 radical (unpaired) electrons. The summed E-state index contributed by atoms with van der Waals surface area (Å²) in [6, 6.07) is 3.88. The Morgan fingerprint density at radius 3 is 2.18 bits per heavy atom. The van der Waals surface area contributed by atoms with Gasteiger partial charge in [0.1, 0.15) is 0 Å². The Labute approximate surface area is 102 Å². The van der Waals surface area contributed by atoms with Crippen molar-refractivity contribution < 1.29 is 14.2 Å². The van der Waals surface area contributed by atoms with Gasteiger partial charge in [0, 0.05) is 11.1 Å². The molecule has 1 aliphatic rings. The molecular formula is C13H19NO3. The molecule has 2 rings (SSSR count). The Kier molecular flexibility index (Phi) is 3.15. The Balaban J connectivity index is 2.38. The minimum atomic E-state index is -0.0487. The number of rotatable bonds is 5. The van der Waals surface area contributed by atoms with Crippen LogP contribution in [0, 0.1) is 0 Å². The molecule has 0 aliphatic heterocycles. The van der Waals surface area contributed by atoms with Crippen LogP contribution in [-0.2, 0) is 6.42 Å². The first kappa shape index (κ1) is 12.0. The number of hydrogen-bond acceptors (Lipinski definition) is 4. The van der Waals surface area contributed by atoms with E-state index in [1.807, 2.05) is 12.1 Å². The number of methoxy groups -OCH3 is 3. The van der Waals surface area contributed by atoms with E-state index in [9.17, 15) is 0 Å². The summed E-state index contributed by atoms with van der Waals surface area (Å²) in [5.74, 6) is 2.04. The number of nitrogens with two attached hydrogens (primary N) is 1. The van der Waals surface area contributed by atoms with E-state index in [-0.39, 0.29) is 5.54 Å². The van der Waals surface area contributed by atoms with Gasteiger partial charge in [-0.1, -0.05) is 6.07 Å². The summed E-state index contributed by atoms with van der Waals surface area (Å²) in [5.41, 5.74) is 7.16. The van der Waals surface area contributed by atoms with E-state index in [1.54, 1.807) is 21.3 Å². The molecule has 1 aliphatic carbocycles. The van der Waals surface area contributed by atoms with Gasteiger partial charge in [0.25, 0.3) is 0 Å². The van der Waals surface area contributed by atoms with Crippen molar-refractivity contribution in [3.63, 3.8) is 0 Å². The SMILES string of the molecule is COc1ccc(CC2(N)CC2)c(OC)c1OC. The normalized spacial score (nSPS) is 16.5. The average Bonchev–Trinajstić information content (AvgIpc) is 3.06. The molecule has 1 saturated carbocycles. The van der Waals surface area contributed by atoms with Gasteiger partial charge < -0.3 is 19.9 Å². The molecule has 1 aromatic rings. The highest BCUT2D eigenvalue weighted by atomic mass is 16.5. The Morgan fingerprint density at radius 2 is 1.71 bits per heavy atom. The number of ether oxygens (including phenoxy) is 3. The van der Waals surface area contributed by atoms with Crippen molar-refractivity contribution in [2.75, 3.05) is 21.3 Å². The van der Waals surface area contributed by atoms with Gasteiger partial charge >= 0.3 is 0 Å². The molecule has 4 heteroatoms. The molecule has 0 saturated heterocycles. The lowest BCUT2D eigenvalue weighted by atomic mass is 10.0. The molecule has 0 unspecified atom stereocenters. The largest absolute Gasteiger partial charge is 0.493 e. The molecule has 0 amide bonds. The second-order valence-electron chi connectivity index (χ2n) is 4.53. The minimum Gasteiger partial charge on any atom is -0.493 e. The Morgan fingerprint density at radius 1 is 1.06 bits per heavy atom. The first-order chi connectivity index (χ1) is 8.13. The van der Waals surface area contributed by atoms with Crippen LogP contribution in [0.2, 0.25) is 0 Å². The smallest absolute Gasteiger partial charge is 0.203 e. The monoisotopic (exact) mass is 237 g/mol. The predicted octanol–water partition coefficient (Wildman–Crippen LogP) is 1.75. The third-order valence-corrected chi connectivity index (χ3v) is 3.22. The van der Waals surface area contributed by atoms with Gasteiger partial charge in [0.15, 0.2) is 11.5 Å². The average molecular weight is 237 g/mol. The van der Waals surface area contributed by atoms with Crippen molar-refractivity contribution >= 4 is 0 Å². The van der Waals surface area contributed by atoms with Crippen LogP contribution >= 0.6 is 0 Å². The van der Waals surface area contributed by atoms with Crippen molar-refractivity contribution in [1.29, 1.82) is 0 Å². The maximum atomic E-state index is 6.14. The molecule has 94 valence electrons. The lowest BCUT2D eigenvalue weighted by Gasteiger charge is -2.17. The maximum Gasteiger partial charge on any atom is 0.203 e. The summed E-state index contributed by atoms with van der Waals surface area (Å²) >= 11 is 0. The second kappa shape index (κ2) is 4.45. The summed E-state index contributed by atoms with van der Waals surface area (Å²) in [6.07, 6.45) is 2.96. The molecule has 0 bridgehead atoms. The van der Waals surface area contributed by atoms with Gasteiger partial charge in [-0.3, -0.25) is 0 Å². The Hall–Kier alpha value is -1.42. The van der Waals surface area contributed by atoms with Crippen LogP contribution < -0.4 is 19.9 Å². The standard InChI is InChI=1S/C13H19NO3/c1-15-10-5-4-9(8-13(14)6-7-13)11(16-2)12(10)17-3/h4-5H,6-8,14H2,1-3H3. The van der Waals surface area contributed by atoms with Gasteiger partial charge in [-0.25, -0.2) is 0 Å². The molecule has 0 heterocycles. The van der Waals surface area contributed by atoms with Crippen LogP contribution in [0.15, 0.2) is 12.1 Å². The first-order valence-corrected chi connectivity index (χ1v) is 5.70. The van der Waals surface area contributed by atoms with E-state index in [0.717, 1.165) is 30.6 Å². The number of benzene rings is 1. The topological polar surface area (TPSA) is 53.7 Å². The summed E-state index contributed by atoms with van der Waals surface area (Å²) in [5, 5.41) is 0. The van der Waals surface area contributed by atoms with Gasteiger partial charge in [-0.2, -0.15) is 0 Å².